The van der Waals surface area contributed by atoms with Crippen LogP contribution in [0, 0.1) is 10.1 Å². The van der Waals surface area contributed by atoms with Crippen LogP contribution in [0.4, 0.5) is 5.69 Å². The minimum Gasteiger partial charge on any atom is -0.355 e. The third kappa shape index (κ3) is 4.50. The number of nitrogens with zero attached hydrogens (tertiary/aromatic N) is 2. The number of hydrogen-bond donors (Lipinski definition) is 1. The van der Waals surface area contributed by atoms with Crippen molar-refractivity contribution in [1.82, 2.24) is 10.2 Å². The number of carbonyl (C=O) groups excluding carboxylic acids is 3. The predicted molar refractivity (Wildman–Crippen MR) is 121 cm³/mol. The van der Waals surface area contributed by atoms with Gasteiger partial charge in [0.15, 0.2) is 0 Å². The SMILES string of the molecule is O=C(CN1C(=O)c2cccc([N+](=O)[O-])c2C1=O)NCCC(c1ccccc1)c1ccccc1. The van der Waals surface area contributed by atoms with Gasteiger partial charge in [0.1, 0.15) is 12.1 Å². The molecule has 0 spiro atoms. The molecule has 1 heterocycles. The molecule has 3 amide bonds. The lowest BCUT2D eigenvalue weighted by molar-refractivity contribution is -0.385. The quantitative estimate of drug-likeness (QED) is 0.325. The molecular formula is C25H21N3O5. The second kappa shape index (κ2) is 9.44. The van der Waals surface area contributed by atoms with Gasteiger partial charge in [-0.05, 0) is 23.6 Å². The summed E-state index contributed by atoms with van der Waals surface area (Å²) in [5.41, 5.74) is 1.46. The average Bonchev–Trinajstić information content (AvgIpc) is 3.07. The highest BCUT2D eigenvalue weighted by Gasteiger charge is 2.41. The Morgan fingerprint density at radius 1 is 0.879 bits per heavy atom. The fraction of sp³-hybridized carbons (Fsp3) is 0.160. The highest BCUT2D eigenvalue weighted by molar-refractivity contribution is 6.24. The zero-order valence-electron chi connectivity index (χ0n) is 17.6. The van der Waals surface area contributed by atoms with E-state index in [4.69, 9.17) is 0 Å². The van der Waals surface area contributed by atoms with Gasteiger partial charge in [0.05, 0.1) is 10.5 Å². The van der Waals surface area contributed by atoms with Gasteiger partial charge >= 0.3 is 0 Å². The fourth-order valence-electron chi connectivity index (χ4n) is 4.06. The van der Waals surface area contributed by atoms with Crippen LogP contribution in [0.15, 0.2) is 78.9 Å². The van der Waals surface area contributed by atoms with Gasteiger partial charge in [-0.1, -0.05) is 66.7 Å². The first kappa shape index (κ1) is 21.9. The Morgan fingerprint density at radius 2 is 1.48 bits per heavy atom. The van der Waals surface area contributed by atoms with E-state index < -0.39 is 34.9 Å². The second-order valence-electron chi connectivity index (χ2n) is 7.67. The first-order valence-electron chi connectivity index (χ1n) is 10.5. The standard InChI is InChI=1S/C25H21N3O5/c29-22(16-27-24(30)20-12-7-13-21(28(32)33)23(20)25(27)31)26-15-14-19(17-8-3-1-4-9-17)18-10-5-2-6-11-18/h1-13,19H,14-16H2,(H,26,29). The Morgan fingerprint density at radius 3 is 2.06 bits per heavy atom. The van der Waals surface area contributed by atoms with E-state index in [1.807, 2.05) is 60.7 Å². The second-order valence-corrected chi connectivity index (χ2v) is 7.67. The van der Waals surface area contributed by atoms with Crippen LogP contribution in [0.2, 0.25) is 0 Å². The Labute approximate surface area is 190 Å². The van der Waals surface area contributed by atoms with E-state index in [9.17, 15) is 24.5 Å². The van der Waals surface area contributed by atoms with Crippen LogP contribution in [0.25, 0.3) is 0 Å². The molecule has 166 valence electrons. The van der Waals surface area contributed by atoms with Gasteiger partial charge in [0.25, 0.3) is 17.5 Å². The lowest BCUT2D eigenvalue weighted by Gasteiger charge is -2.19. The summed E-state index contributed by atoms with van der Waals surface area (Å²) in [4.78, 5) is 49.0. The largest absolute Gasteiger partial charge is 0.355 e. The van der Waals surface area contributed by atoms with E-state index in [-0.39, 0.29) is 17.0 Å². The number of rotatable bonds is 8. The van der Waals surface area contributed by atoms with Crippen molar-refractivity contribution < 1.29 is 19.3 Å². The van der Waals surface area contributed by atoms with Gasteiger partial charge in [-0.2, -0.15) is 0 Å². The smallest absolute Gasteiger partial charge is 0.282 e. The summed E-state index contributed by atoms with van der Waals surface area (Å²) in [5, 5.41) is 14.0. The molecule has 1 aliphatic rings. The molecule has 0 aliphatic carbocycles. The van der Waals surface area contributed by atoms with Crippen molar-refractivity contribution in [2.45, 2.75) is 12.3 Å². The van der Waals surface area contributed by atoms with Gasteiger partial charge in [0.2, 0.25) is 5.91 Å². The van der Waals surface area contributed by atoms with Crippen molar-refractivity contribution in [2.75, 3.05) is 13.1 Å². The zero-order chi connectivity index (χ0) is 23.4. The summed E-state index contributed by atoms with van der Waals surface area (Å²) in [5.74, 6) is -1.98. The average molecular weight is 443 g/mol. The molecule has 33 heavy (non-hydrogen) atoms. The number of fused-ring (bicyclic) bond motifs is 1. The molecule has 4 rings (SSSR count). The molecule has 1 aliphatic heterocycles. The molecule has 0 aromatic heterocycles. The molecule has 3 aromatic rings. The third-order valence-corrected chi connectivity index (χ3v) is 5.63. The summed E-state index contributed by atoms with van der Waals surface area (Å²) in [7, 11) is 0. The van der Waals surface area contributed by atoms with Crippen molar-refractivity contribution in [2.24, 2.45) is 0 Å². The first-order valence-corrected chi connectivity index (χ1v) is 10.5. The molecule has 0 bridgehead atoms. The number of nitrogens with one attached hydrogen (secondary N) is 1. The highest BCUT2D eigenvalue weighted by atomic mass is 16.6. The Bertz CT molecular complexity index is 1170. The van der Waals surface area contributed by atoms with Crippen LogP contribution in [-0.4, -0.2) is 40.6 Å². The third-order valence-electron chi connectivity index (χ3n) is 5.63. The molecule has 0 fully saturated rings. The van der Waals surface area contributed by atoms with Crippen LogP contribution in [0.3, 0.4) is 0 Å². The highest BCUT2D eigenvalue weighted by Crippen LogP contribution is 2.30. The van der Waals surface area contributed by atoms with Crippen molar-refractivity contribution in [3.05, 3.63) is 111 Å². The number of imide groups is 1. The maximum absolute atomic E-state index is 12.6. The van der Waals surface area contributed by atoms with Crippen LogP contribution < -0.4 is 5.32 Å². The number of hydrogen-bond acceptors (Lipinski definition) is 5. The lowest BCUT2D eigenvalue weighted by atomic mass is 9.88. The number of nitro groups is 1. The van der Waals surface area contributed by atoms with Gasteiger partial charge in [0, 0.05) is 18.5 Å². The number of nitro benzene ring substituents is 1. The molecule has 0 saturated carbocycles. The van der Waals surface area contributed by atoms with E-state index in [1.54, 1.807) is 0 Å². The van der Waals surface area contributed by atoms with Crippen LogP contribution in [0.5, 0.6) is 0 Å². The first-order chi connectivity index (χ1) is 16.0. The van der Waals surface area contributed by atoms with Crippen molar-refractivity contribution in [1.29, 1.82) is 0 Å². The van der Waals surface area contributed by atoms with Crippen molar-refractivity contribution in [3.63, 3.8) is 0 Å². The molecule has 0 saturated heterocycles. The molecule has 0 unspecified atom stereocenters. The lowest BCUT2D eigenvalue weighted by Crippen LogP contribution is -2.40. The topological polar surface area (TPSA) is 110 Å². The van der Waals surface area contributed by atoms with Crippen LogP contribution >= 0.6 is 0 Å². The molecule has 0 atom stereocenters. The van der Waals surface area contributed by atoms with E-state index in [2.05, 4.69) is 5.32 Å². The fourth-order valence-corrected chi connectivity index (χ4v) is 4.06. The summed E-state index contributed by atoms with van der Waals surface area (Å²) in [6.45, 7) is -0.165. The maximum atomic E-state index is 12.6. The molecule has 1 N–H and O–H groups in total. The van der Waals surface area contributed by atoms with Crippen LogP contribution in [0.1, 0.15) is 44.2 Å². The van der Waals surface area contributed by atoms with E-state index >= 15 is 0 Å². The van der Waals surface area contributed by atoms with Gasteiger partial charge < -0.3 is 5.32 Å². The maximum Gasteiger partial charge on any atom is 0.282 e. The number of carbonyl (C=O) groups is 3. The summed E-state index contributed by atoms with van der Waals surface area (Å²) >= 11 is 0. The zero-order valence-corrected chi connectivity index (χ0v) is 17.6. The molecule has 8 heteroatoms. The number of amides is 3. The van der Waals surface area contributed by atoms with Crippen LogP contribution in [-0.2, 0) is 4.79 Å². The summed E-state index contributed by atoms with van der Waals surface area (Å²) in [6, 6.07) is 23.7. The van der Waals surface area contributed by atoms with Crippen molar-refractivity contribution >= 4 is 23.4 Å². The van der Waals surface area contributed by atoms with E-state index in [0.717, 1.165) is 16.0 Å². The minimum absolute atomic E-state index is 0.0600. The number of benzene rings is 3. The van der Waals surface area contributed by atoms with E-state index in [1.165, 1.54) is 18.2 Å². The molecule has 3 aromatic carbocycles. The predicted octanol–water partition coefficient (Wildman–Crippen LogP) is 3.53. The normalized spacial score (nSPS) is 12.7. The molecule has 8 nitrogen and oxygen atoms in total. The van der Waals surface area contributed by atoms with Crippen molar-refractivity contribution in [3.8, 4) is 0 Å². The minimum atomic E-state index is -0.830. The Kier molecular flexibility index (Phi) is 6.26. The monoisotopic (exact) mass is 443 g/mol. The van der Waals surface area contributed by atoms with Gasteiger partial charge in [-0.15, -0.1) is 0 Å². The van der Waals surface area contributed by atoms with Gasteiger partial charge in [-0.25, -0.2) is 0 Å². The van der Waals surface area contributed by atoms with Gasteiger partial charge in [-0.3, -0.25) is 29.4 Å². The summed E-state index contributed by atoms with van der Waals surface area (Å²) in [6.07, 6.45) is 0.618. The Hall–Kier alpha value is -4.33. The Balaban J connectivity index is 1.41. The molecule has 0 radical (unpaired) electrons. The molecular weight excluding hydrogens is 422 g/mol. The summed E-state index contributed by atoms with van der Waals surface area (Å²) < 4.78 is 0. The van der Waals surface area contributed by atoms with E-state index in [0.29, 0.717) is 13.0 Å².